The van der Waals surface area contributed by atoms with E-state index in [0.717, 1.165) is 17.4 Å². The van der Waals surface area contributed by atoms with Gasteiger partial charge >= 0.3 is 0 Å². The van der Waals surface area contributed by atoms with Crippen LogP contribution >= 0.6 is 11.6 Å². The standard InChI is InChI=1S/C17H19ClN2O5S2/c1-25-17-6-5-15(10-16(17)18)27(23,24)19-14-4-3-12-7-8-20(26(2,21)22)11-13(12)9-14/h3-6,9-10,19H,7-8,11H2,1-2H3. The molecule has 0 bridgehead atoms. The van der Waals surface area contributed by atoms with Crippen LogP contribution in [-0.4, -0.2) is 41.1 Å². The largest absolute Gasteiger partial charge is 0.495 e. The minimum atomic E-state index is -3.85. The molecular formula is C17H19ClN2O5S2. The number of sulfonamides is 2. The minimum Gasteiger partial charge on any atom is -0.495 e. The summed E-state index contributed by atoms with van der Waals surface area (Å²) in [7, 11) is -5.71. The van der Waals surface area contributed by atoms with Gasteiger partial charge in [-0.2, -0.15) is 4.31 Å². The van der Waals surface area contributed by atoms with Crippen LogP contribution in [0.1, 0.15) is 11.1 Å². The van der Waals surface area contributed by atoms with Gasteiger partial charge in [-0.15, -0.1) is 0 Å². The van der Waals surface area contributed by atoms with Crippen molar-refractivity contribution in [1.29, 1.82) is 0 Å². The van der Waals surface area contributed by atoms with Gasteiger partial charge in [0.15, 0.2) is 0 Å². The fourth-order valence-electron chi connectivity index (χ4n) is 2.91. The maximum Gasteiger partial charge on any atom is 0.261 e. The first-order chi connectivity index (χ1) is 12.6. The second kappa shape index (κ2) is 7.31. The Kier molecular flexibility index (Phi) is 5.40. The molecule has 0 aliphatic carbocycles. The quantitative estimate of drug-likeness (QED) is 0.786. The number of halogens is 1. The van der Waals surface area contributed by atoms with Gasteiger partial charge < -0.3 is 4.74 Å². The highest BCUT2D eigenvalue weighted by molar-refractivity contribution is 7.92. The first kappa shape index (κ1) is 19.9. The Balaban J connectivity index is 1.87. The van der Waals surface area contributed by atoms with Crippen molar-refractivity contribution in [3.05, 3.63) is 52.5 Å². The van der Waals surface area contributed by atoms with Gasteiger partial charge in [0.25, 0.3) is 10.0 Å². The molecule has 0 unspecified atom stereocenters. The van der Waals surface area contributed by atoms with Crippen LogP contribution in [0.3, 0.4) is 0 Å². The van der Waals surface area contributed by atoms with Gasteiger partial charge in [-0.3, -0.25) is 4.72 Å². The van der Waals surface area contributed by atoms with Crippen LogP contribution in [-0.2, 0) is 33.0 Å². The lowest BCUT2D eigenvalue weighted by molar-refractivity contribution is 0.395. The smallest absolute Gasteiger partial charge is 0.261 e. The van der Waals surface area contributed by atoms with E-state index in [0.29, 0.717) is 24.4 Å². The number of anilines is 1. The van der Waals surface area contributed by atoms with E-state index in [1.165, 1.54) is 29.6 Å². The van der Waals surface area contributed by atoms with Crippen LogP contribution in [0.15, 0.2) is 41.3 Å². The molecule has 1 N–H and O–H groups in total. The van der Waals surface area contributed by atoms with Crippen LogP contribution in [0.2, 0.25) is 5.02 Å². The highest BCUT2D eigenvalue weighted by Crippen LogP contribution is 2.29. The highest BCUT2D eigenvalue weighted by atomic mass is 35.5. The summed E-state index contributed by atoms with van der Waals surface area (Å²) in [6, 6.07) is 9.33. The van der Waals surface area contributed by atoms with Gasteiger partial charge in [0.1, 0.15) is 5.75 Å². The average Bonchev–Trinajstić information content (AvgIpc) is 2.60. The predicted octanol–water partition coefficient (Wildman–Crippen LogP) is 2.47. The third kappa shape index (κ3) is 4.37. The number of hydrogen-bond acceptors (Lipinski definition) is 5. The van der Waals surface area contributed by atoms with Gasteiger partial charge in [0, 0.05) is 18.8 Å². The van der Waals surface area contributed by atoms with E-state index >= 15 is 0 Å². The van der Waals surface area contributed by atoms with E-state index in [1.54, 1.807) is 12.1 Å². The fraction of sp³-hybridized carbons (Fsp3) is 0.294. The molecule has 1 aliphatic rings. The van der Waals surface area contributed by atoms with Crippen molar-refractivity contribution in [1.82, 2.24) is 4.31 Å². The Morgan fingerprint density at radius 1 is 1.07 bits per heavy atom. The van der Waals surface area contributed by atoms with E-state index in [1.807, 2.05) is 6.07 Å². The molecule has 2 aromatic rings. The second-order valence-corrected chi connectivity index (χ2v) is 10.3. The van der Waals surface area contributed by atoms with Crippen LogP contribution in [0.4, 0.5) is 5.69 Å². The van der Waals surface area contributed by atoms with Crippen molar-refractivity contribution in [3.63, 3.8) is 0 Å². The molecule has 10 heteroatoms. The summed E-state index contributed by atoms with van der Waals surface area (Å²) in [5.74, 6) is 0.380. The lowest BCUT2D eigenvalue weighted by Crippen LogP contribution is -2.35. The number of hydrogen-bond donors (Lipinski definition) is 1. The summed E-state index contributed by atoms with van der Waals surface area (Å²) in [5, 5.41) is 0.189. The summed E-state index contributed by atoms with van der Waals surface area (Å²) < 4.78 is 57.7. The monoisotopic (exact) mass is 430 g/mol. The highest BCUT2D eigenvalue weighted by Gasteiger charge is 2.24. The third-order valence-corrected chi connectivity index (χ3v) is 7.26. The fourth-order valence-corrected chi connectivity index (χ4v) is 5.10. The summed E-state index contributed by atoms with van der Waals surface area (Å²) in [6.07, 6.45) is 1.75. The predicted molar refractivity (Wildman–Crippen MR) is 104 cm³/mol. The zero-order chi connectivity index (χ0) is 19.8. The molecule has 0 saturated carbocycles. The van der Waals surface area contributed by atoms with Crippen molar-refractivity contribution >= 4 is 37.3 Å². The van der Waals surface area contributed by atoms with Crippen LogP contribution in [0.25, 0.3) is 0 Å². The third-order valence-electron chi connectivity index (χ3n) is 4.34. The lowest BCUT2D eigenvalue weighted by Gasteiger charge is -2.27. The number of ether oxygens (including phenoxy) is 1. The number of methoxy groups -OCH3 is 1. The molecule has 0 spiro atoms. The molecule has 7 nitrogen and oxygen atoms in total. The molecule has 146 valence electrons. The molecule has 0 radical (unpaired) electrons. The van der Waals surface area contributed by atoms with Gasteiger partial charge in [-0.1, -0.05) is 17.7 Å². The van der Waals surface area contributed by atoms with Crippen molar-refractivity contribution < 1.29 is 21.6 Å². The van der Waals surface area contributed by atoms with Crippen molar-refractivity contribution in [2.45, 2.75) is 17.9 Å². The molecule has 0 aromatic heterocycles. The first-order valence-corrected chi connectivity index (χ1v) is 11.7. The minimum absolute atomic E-state index is 0.00350. The Morgan fingerprint density at radius 3 is 2.44 bits per heavy atom. The molecule has 0 fully saturated rings. The molecule has 1 aliphatic heterocycles. The maximum absolute atomic E-state index is 12.6. The summed E-state index contributed by atoms with van der Waals surface area (Å²) in [6.45, 7) is 0.638. The van der Waals surface area contributed by atoms with Gasteiger partial charge in [0.05, 0.1) is 23.3 Å². The number of nitrogens with zero attached hydrogens (tertiary/aromatic N) is 1. The summed E-state index contributed by atoms with van der Waals surface area (Å²) in [5.41, 5.74) is 2.14. The van der Waals surface area contributed by atoms with Gasteiger partial charge in [-0.05, 0) is 47.9 Å². The van der Waals surface area contributed by atoms with E-state index < -0.39 is 20.0 Å². The van der Waals surface area contributed by atoms with E-state index in [4.69, 9.17) is 16.3 Å². The van der Waals surface area contributed by atoms with Crippen LogP contribution < -0.4 is 9.46 Å². The van der Waals surface area contributed by atoms with Crippen LogP contribution in [0, 0.1) is 0 Å². The van der Waals surface area contributed by atoms with Crippen molar-refractivity contribution in [2.75, 3.05) is 24.6 Å². The number of fused-ring (bicyclic) bond motifs is 1. The number of nitrogens with one attached hydrogen (secondary N) is 1. The zero-order valence-corrected chi connectivity index (χ0v) is 17.2. The number of benzene rings is 2. The summed E-state index contributed by atoms with van der Waals surface area (Å²) in [4.78, 5) is 0.00350. The molecule has 1 heterocycles. The molecule has 3 rings (SSSR count). The Bertz CT molecular complexity index is 1080. The molecular weight excluding hydrogens is 412 g/mol. The molecule has 27 heavy (non-hydrogen) atoms. The first-order valence-electron chi connectivity index (χ1n) is 8.03. The van der Waals surface area contributed by atoms with Crippen LogP contribution in [0.5, 0.6) is 5.75 Å². The maximum atomic E-state index is 12.6. The molecule has 2 aromatic carbocycles. The lowest BCUT2D eigenvalue weighted by atomic mass is 10.0. The van der Waals surface area contributed by atoms with Crippen molar-refractivity contribution in [2.24, 2.45) is 0 Å². The Hall–Kier alpha value is -1.81. The average molecular weight is 431 g/mol. The topological polar surface area (TPSA) is 92.8 Å². The zero-order valence-electron chi connectivity index (χ0n) is 14.8. The molecule has 0 saturated heterocycles. The van der Waals surface area contributed by atoms with E-state index in [9.17, 15) is 16.8 Å². The van der Waals surface area contributed by atoms with Gasteiger partial charge in [-0.25, -0.2) is 16.8 Å². The second-order valence-electron chi connectivity index (χ2n) is 6.23. The van der Waals surface area contributed by atoms with E-state index in [2.05, 4.69) is 4.72 Å². The normalized spacial score (nSPS) is 15.2. The number of rotatable bonds is 5. The Labute approximate surface area is 164 Å². The molecule has 0 amide bonds. The SMILES string of the molecule is COc1ccc(S(=O)(=O)Nc2ccc3c(c2)CN(S(C)(=O)=O)CC3)cc1Cl. The van der Waals surface area contributed by atoms with E-state index in [-0.39, 0.29) is 16.5 Å². The Morgan fingerprint density at radius 2 is 1.81 bits per heavy atom. The van der Waals surface area contributed by atoms with Gasteiger partial charge in [0.2, 0.25) is 10.0 Å². The molecule has 0 atom stereocenters. The van der Waals surface area contributed by atoms with Crippen molar-refractivity contribution in [3.8, 4) is 5.75 Å². The summed E-state index contributed by atoms with van der Waals surface area (Å²) >= 11 is 6.01.